The van der Waals surface area contributed by atoms with Gasteiger partial charge in [-0.1, -0.05) is 22.0 Å². The van der Waals surface area contributed by atoms with Crippen LogP contribution in [0.15, 0.2) is 51.8 Å². The zero-order valence-corrected chi connectivity index (χ0v) is 14.6. The van der Waals surface area contributed by atoms with E-state index in [0.29, 0.717) is 16.1 Å². The highest BCUT2D eigenvalue weighted by atomic mass is 79.9. The molecule has 1 N–H and O–H groups in total. The van der Waals surface area contributed by atoms with Gasteiger partial charge < -0.3 is 0 Å². The summed E-state index contributed by atoms with van der Waals surface area (Å²) in [5.41, 5.74) is -0.493. The molecular weight excluding hydrogens is 411 g/mol. The Morgan fingerprint density at radius 2 is 1.79 bits per heavy atom. The van der Waals surface area contributed by atoms with Gasteiger partial charge in [-0.25, -0.2) is 13.1 Å². The van der Waals surface area contributed by atoms with Crippen molar-refractivity contribution in [2.75, 3.05) is 0 Å². The van der Waals surface area contributed by atoms with Crippen LogP contribution in [-0.2, 0) is 16.2 Å². The minimum absolute atomic E-state index is 0.105. The van der Waals surface area contributed by atoms with Crippen molar-refractivity contribution in [3.8, 4) is 0 Å². The van der Waals surface area contributed by atoms with Gasteiger partial charge in [-0.15, -0.1) is 0 Å². The highest BCUT2D eigenvalue weighted by Gasteiger charge is 2.32. The standard InChI is InChI=1S/C15H11BrF3NO3S/c1-9-7-11(16)5-6-13(9)14(21)20-24(22,23)12-4-2-3-10(8-12)15(17,18)19/h2-8H,1H3,(H,20,21). The number of sulfonamides is 1. The fraction of sp³-hybridized carbons (Fsp3) is 0.133. The average Bonchev–Trinajstić information content (AvgIpc) is 2.45. The van der Waals surface area contributed by atoms with E-state index in [9.17, 15) is 26.4 Å². The predicted octanol–water partition coefficient (Wildman–Crippen LogP) is 3.90. The molecule has 0 heterocycles. The summed E-state index contributed by atoms with van der Waals surface area (Å²) in [5.74, 6) is -0.919. The number of amides is 1. The Hall–Kier alpha value is -1.87. The summed E-state index contributed by atoms with van der Waals surface area (Å²) in [6.07, 6.45) is -4.68. The van der Waals surface area contributed by atoms with E-state index in [1.54, 1.807) is 23.8 Å². The second kappa shape index (κ2) is 6.56. The molecule has 0 radical (unpaired) electrons. The molecule has 0 atom stereocenters. The number of nitrogens with one attached hydrogen (secondary N) is 1. The number of carbonyl (C=O) groups is 1. The molecule has 2 aromatic rings. The van der Waals surface area contributed by atoms with Crippen molar-refractivity contribution in [3.63, 3.8) is 0 Å². The minimum Gasteiger partial charge on any atom is -0.268 e. The first kappa shape index (κ1) is 18.5. The number of rotatable bonds is 3. The smallest absolute Gasteiger partial charge is 0.268 e. The molecule has 9 heteroatoms. The fourth-order valence-corrected chi connectivity index (χ4v) is 3.44. The van der Waals surface area contributed by atoms with Crippen molar-refractivity contribution in [3.05, 3.63) is 63.6 Å². The summed E-state index contributed by atoms with van der Waals surface area (Å²) >= 11 is 3.21. The lowest BCUT2D eigenvalue weighted by atomic mass is 10.1. The third kappa shape index (κ3) is 4.15. The molecule has 24 heavy (non-hydrogen) atoms. The first-order valence-corrected chi connectivity index (χ1v) is 8.79. The summed E-state index contributed by atoms with van der Waals surface area (Å²) in [4.78, 5) is 11.5. The SMILES string of the molecule is Cc1cc(Br)ccc1C(=O)NS(=O)(=O)c1cccc(C(F)(F)F)c1. The molecule has 0 spiro atoms. The van der Waals surface area contributed by atoms with E-state index in [2.05, 4.69) is 15.9 Å². The van der Waals surface area contributed by atoms with E-state index < -0.39 is 32.6 Å². The quantitative estimate of drug-likeness (QED) is 0.817. The van der Waals surface area contributed by atoms with E-state index in [1.165, 1.54) is 6.07 Å². The third-order valence-corrected chi connectivity index (χ3v) is 4.95. The molecule has 0 saturated carbocycles. The monoisotopic (exact) mass is 421 g/mol. The maximum atomic E-state index is 12.7. The summed E-state index contributed by atoms with van der Waals surface area (Å²) in [5, 5.41) is 0. The number of alkyl halides is 3. The zero-order valence-electron chi connectivity index (χ0n) is 12.2. The van der Waals surface area contributed by atoms with Crippen LogP contribution >= 0.6 is 15.9 Å². The van der Waals surface area contributed by atoms with Gasteiger partial charge in [0.05, 0.1) is 10.5 Å². The van der Waals surface area contributed by atoms with Crippen LogP contribution in [0.25, 0.3) is 0 Å². The molecule has 4 nitrogen and oxygen atoms in total. The number of aryl methyl sites for hydroxylation is 1. The van der Waals surface area contributed by atoms with E-state index in [4.69, 9.17) is 0 Å². The van der Waals surface area contributed by atoms with Crippen molar-refractivity contribution in [2.24, 2.45) is 0 Å². The number of halogens is 4. The molecule has 2 rings (SSSR count). The lowest BCUT2D eigenvalue weighted by molar-refractivity contribution is -0.137. The Balaban J connectivity index is 2.33. The molecule has 0 unspecified atom stereocenters. The van der Waals surface area contributed by atoms with Crippen LogP contribution in [0.5, 0.6) is 0 Å². The molecule has 0 saturated heterocycles. The predicted molar refractivity (Wildman–Crippen MR) is 85.0 cm³/mol. The molecule has 2 aromatic carbocycles. The highest BCUT2D eigenvalue weighted by molar-refractivity contribution is 9.10. The van der Waals surface area contributed by atoms with Crippen molar-refractivity contribution in [1.29, 1.82) is 0 Å². The topological polar surface area (TPSA) is 63.2 Å². The van der Waals surface area contributed by atoms with Crippen LogP contribution in [-0.4, -0.2) is 14.3 Å². The molecule has 0 aliphatic rings. The number of benzene rings is 2. The molecule has 1 amide bonds. The number of hydrogen-bond donors (Lipinski definition) is 1. The normalized spacial score (nSPS) is 12.0. The van der Waals surface area contributed by atoms with Gasteiger partial charge in [0, 0.05) is 10.0 Å². The van der Waals surface area contributed by atoms with Gasteiger partial charge in [0.15, 0.2) is 0 Å². The second-order valence-corrected chi connectivity index (χ2v) is 7.52. The molecule has 0 bridgehead atoms. The second-order valence-electron chi connectivity index (χ2n) is 4.92. The summed E-state index contributed by atoms with van der Waals surface area (Å²) < 4.78 is 64.9. The van der Waals surface area contributed by atoms with Crippen LogP contribution in [0.1, 0.15) is 21.5 Å². The van der Waals surface area contributed by atoms with Gasteiger partial charge in [-0.3, -0.25) is 4.79 Å². The maximum Gasteiger partial charge on any atom is 0.416 e. The van der Waals surface area contributed by atoms with Crippen LogP contribution in [0.4, 0.5) is 13.2 Å². The van der Waals surface area contributed by atoms with Gasteiger partial charge in [-0.05, 0) is 48.9 Å². The summed E-state index contributed by atoms with van der Waals surface area (Å²) in [6, 6.07) is 7.76. The maximum absolute atomic E-state index is 12.7. The minimum atomic E-state index is -4.68. The number of carbonyl (C=O) groups excluding carboxylic acids is 1. The molecule has 0 aliphatic carbocycles. The van der Waals surface area contributed by atoms with Gasteiger partial charge >= 0.3 is 6.18 Å². The van der Waals surface area contributed by atoms with Crippen LogP contribution < -0.4 is 4.72 Å². The van der Waals surface area contributed by atoms with Gasteiger partial charge in [0.25, 0.3) is 15.9 Å². The van der Waals surface area contributed by atoms with Gasteiger partial charge in [0.1, 0.15) is 0 Å². The molecule has 0 aromatic heterocycles. The first-order chi connectivity index (χ1) is 11.0. The van der Waals surface area contributed by atoms with Crippen molar-refractivity contribution in [1.82, 2.24) is 4.72 Å². The molecule has 0 fully saturated rings. The Morgan fingerprint density at radius 3 is 2.38 bits per heavy atom. The Bertz CT molecular complexity index is 895. The Labute approximate surface area is 144 Å². The highest BCUT2D eigenvalue weighted by Crippen LogP contribution is 2.30. The molecule has 128 valence electrons. The molecule has 0 aliphatic heterocycles. The van der Waals surface area contributed by atoms with Crippen molar-refractivity contribution >= 4 is 31.9 Å². The first-order valence-electron chi connectivity index (χ1n) is 6.51. The zero-order chi connectivity index (χ0) is 18.1. The summed E-state index contributed by atoms with van der Waals surface area (Å²) in [6.45, 7) is 1.61. The van der Waals surface area contributed by atoms with Crippen molar-refractivity contribution in [2.45, 2.75) is 18.0 Å². The van der Waals surface area contributed by atoms with Crippen LogP contribution in [0.3, 0.4) is 0 Å². The Kier molecular flexibility index (Phi) is 5.05. The average molecular weight is 422 g/mol. The Morgan fingerprint density at radius 1 is 1.12 bits per heavy atom. The third-order valence-electron chi connectivity index (χ3n) is 3.13. The van der Waals surface area contributed by atoms with Crippen molar-refractivity contribution < 1.29 is 26.4 Å². The largest absolute Gasteiger partial charge is 0.416 e. The lowest BCUT2D eigenvalue weighted by Gasteiger charge is -2.11. The van der Waals surface area contributed by atoms with Gasteiger partial charge in [0.2, 0.25) is 0 Å². The van der Waals surface area contributed by atoms with Gasteiger partial charge in [-0.2, -0.15) is 13.2 Å². The van der Waals surface area contributed by atoms with Crippen LogP contribution in [0.2, 0.25) is 0 Å². The lowest BCUT2D eigenvalue weighted by Crippen LogP contribution is -2.31. The number of hydrogen-bond acceptors (Lipinski definition) is 3. The van der Waals surface area contributed by atoms with E-state index in [-0.39, 0.29) is 5.56 Å². The van der Waals surface area contributed by atoms with E-state index in [1.807, 2.05) is 0 Å². The van der Waals surface area contributed by atoms with E-state index in [0.717, 1.165) is 18.2 Å². The van der Waals surface area contributed by atoms with E-state index >= 15 is 0 Å². The molecular formula is C15H11BrF3NO3S. The fourth-order valence-electron chi connectivity index (χ4n) is 1.96. The summed E-state index contributed by atoms with van der Waals surface area (Å²) in [7, 11) is -4.43. The van der Waals surface area contributed by atoms with Crippen LogP contribution in [0, 0.1) is 6.92 Å².